The van der Waals surface area contributed by atoms with Gasteiger partial charge in [0.1, 0.15) is 11.6 Å². The van der Waals surface area contributed by atoms with Gasteiger partial charge < -0.3 is 14.7 Å². The molecule has 24 heavy (non-hydrogen) atoms. The molecule has 6 nitrogen and oxygen atoms in total. The number of nitrogens with zero attached hydrogens (tertiary/aromatic N) is 2. The summed E-state index contributed by atoms with van der Waals surface area (Å²) in [4.78, 5) is 27.1. The second-order valence-corrected chi connectivity index (χ2v) is 7.31. The van der Waals surface area contributed by atoms with Gasteiger partial charge in [-0.05, 0) is 38.5 Å². The van der Waals surface area contributed by atoms with Crippen LogP contribution in [0, 0.1) is 0 Å². The monoisotopic (exact) mass is 354 g/mol. The van der Waals surface area contributed by atoms with E-state index in [1.807, 2.05) is 17.0 Å². The first-order chi connectivity index (χ1) is 11.2. The van der Waals surface area contributed by atoms with Gasteiger partial charge >= 0.3 is 12.1 Å². The van der Waals surface area contributed by atoms with Gasteiger partial charge in [-0.15, -0.1) is 0 Å². The highest BCUT2D eigenvalue weighted by Crippen LogP contribution is 2.18. The van der Waals surface area contributed by atoms with Crippen molar-refractivity contribution in [1.29, 1.82) is 0 Å². The molecule has 0 radical (unpaired) electrons. The van der Waals surface area contributed by atoms with E-state index in [1.54, 1.807) is 32.9 Å². The summed E-state index contributed by atoms with van der Waals surface area (Å²) in [5.74, 6) is -0.947. The molecule has 1 unspecified atom stereocenters. The van der Waals surface area contributed by atoms with E-state index in [0.29, 0.717) is 24.7 Å². The zero-order valence-corrected chi connectivity index (χ0v) is 14.9. The number of carbonyl (C=O) groups excluding carboxylic acids is 1. The van der Waals surface area contributed by atoms with E-state index in [4.69, 9.17) is 16.3 Å². The zero-order valence-electron chi connectivity index (χ0n) is 14.2. The fourth-order valence-corrected chi connectivity index (χ4v) is 2.69. The predicted octanol–water partition coefficient (Wildman–Crippen LogP) is 2.85. The van der Waals surface area contributed by atoms with Crippen molar-refractivity contribution in [3.8, 4) is 0 Å². The number of ether oxygens (including phenoxy) is 1. The van der Waals surface area contributed by atoms with Crippen LogP contribution in [-0.2, 0) is 16.1 Å². The highest BCUT2D eigenvalue weighted by atomic mass is 35.5. The molecule has 0 saturated carbocycles. The van der Waals surface area contributed by atoms with Crippen LogP contribution in [-0.4, -0.2) is 58.2 Å². The molecule has 0 aromatic heterocycles. The molecule has 1 atom stereocenters. The third kappa shape index (κ3) is 5.11. The lowest BCUT2D eigenvalue weighted by Crippen LogP contribution is -2.57. The summed E-state index contributed by atoms with van der Waals surface area (Å²) in [6.45, 7) is 6.88. The van der Waals surface area contributed by atoms with Gasteiger partial charge in [-0.25, -0.2) is 4.79 Å². The van der Waals surface area contributed by atoms with Crippen molar-refractivity contribution in [2.75, 3.05) is 19.6 Å². The highest BCUT2D eigenvalue weighted by Gasteiger charge is 2.35. The predicted molar refractivity (Wildman–Crippen MR) is 91.1 cm³/mol. The third-order valence-electron chi connectivity index (χ3n) is 3.73. The van der Waals surface area contributed by atoms with E-state index in [1.165, 1.54) is 4.90 Å². The lowest BCUT2D eigenvalue weighted by atomic mass is 10.1. The van der Waals surface area contributed by atoms with Crippen molar-refractivity contribution in [3.63, 3.8) is 0 Å². The first kappa shape index (κ1) is 18.5. The fraction of sp³-hybridized carbons (Fsp3) is 0.529. The smallest absolute Gasteiger partial charge is 0.410 e. The molecule has 1 aliphatic rings. The lowest BCUT2D eigenvalue weighted by molar-refractivity contribution is -0.145. The summed E-state index contributed by atoms with van der Waals surface area (Å²) >= 11 is 5.87. The van der Waals surface area contributed by atoms with E-state index in [9.17, 15) is 14.7 Å². The average molecular weight is 355 g/mol. The summed E-state index contributed by atoms with van der Waals surface area (Å²) in [5.41, 5.74) is 0.382. The van der Waals surface area contributed by atoms with E-state index >= 15 is 0 Å². The number of benzene rings is 1. The summed E-state index contributed by atoms with van der Waals surface area (Å²) in [7, 11) is 0. The Morgan fingerprint density at radius 3 is 2.42 bits per heavy atom. The fourth-order valence-electron chi connectivity index (χ4n) is 2.56. The third-order valence-corrected chi connectivity index (χ3v) is 3.98. The molecule has 0 spiro atoms. The summed E-state index contributed by atoms with van der Waals surface area (Å²) in [5, 5.41) is 10.2. The molecule has 1 saturated heterocycles. The topological polar surface area (TPSA) is 70.1 Å². The molecule has 1 N–H and O–H groups in total. The molecule has 1 aromatic carbocycles. The van der Waals surface area contributed by atoms with Crippen molar-refractivity contribution in [3.05, 3.63) is 34.9 Å². The SMILES string of the molecule is CC(C)(C)OC(=O)N1CCN(Cc2ccc(Cl)cc2)C(C(=O)O)C1. The number of amides is 1. The second kappa shape index (κ2) is 7.40. The van der Waals surface area contributed by atoms with E-state index in [-0.39, 0.29) is 6.54 Å². The van der Waals surface area contributed by atoms with Crippen molar-refractivity contribution < 1.29 is 19.4 Å². The number of hydrogen-bond acceptors (Lipinski definition) is 4. The van der Waals surface area contributed by atoms with Crippen molar-refractivity contribution in [2.24, 2.45) is 0 Å². The summed E-state index contributed by atoms with van der Waals surface area (Å²) < 4.78 is 5.33. The van der Waals surface area contributed by atoms with E-state index < -0.39 is 23.7 Å². The maximum atomic E-state index is 12.2. The van der Waals surface area contributed by atoms with Crippen molar-refractivity contribution in [2.45, 2.75) is 39.0 Å². The molecule has 132 valence electrons. The number of carboxylic acids is 1. The quantitative estimate of drug-likeness (QED) is 0.903. The molecule has 7 heteroatoms. The molecule has 2 rings (SSSR count). The van der Waals surface area contributed by atoms with Gasteiger partial charge in [0.15, 0.2) is 0 Å². The number of carbonyl (C=O) groups is 2. The molecular weight excluding hydrogens is 332 g/mol. The van der Waals surface area contributed by atoms with Crippen LogP contribution in [0.3, 0.4) is 0 Å². The van der Waals surface area contributed by atoms with Gasteiger partial charge in [-0.3, -0.25) is 9.69 Å². The Balaban J connectivity index is 2.04. The maximum absolute atomic E-state index is 12.2. The molecule has 1 aliphatic heterocycles. The van der Waals surface area contributed by atoms with Gasteiger partial charge in [0.2, 0.25) is 0 Å². The van der Waals surface area contributed by atoms with E-state index in [0.717, 1.165) is 5.56 Å². The van der Waals surface area contributed by atoms with Crippen LogP contribution in [0.1, 0.15) is 26.3 Å². The Bertz CT molecular complexity index is 598. The zero-order chi connectivity index (χ0) is 17.9. The first-order valence-corrected chi connectivity index (χ1v) is 8.23. The van der Waals surface area contributed by atoms with Gasteiger partial charge in [0.05, 0.1) is 6.54 Å². The number of hydrogen-bond donors (Lipinski definition) is 1. The normalized spacial score (nSPS) is 19.2. The van der Waals surface area contributed by atoms with Gasteiger partial charge in [0, 0.05) is 24.7 Å². The largest absolute Gasteiger partial charge is 0.480 e. The first-order valence-electron chi connectivity index (χ1n) is 7.85. The van der Waals surface area contributed by atoms with Crippen LogP contribution < -0.4 is 0 Å². The molecule has 1 aromatic rings. The van der Waals surface area contributed by atoms with Gasteiger partial charge in [-0.1, -0.05) is 23.7 Å². The van der Waals surface area contributed by atoms with Crippen LogP contribution in [0.2, 0.25) is 5.02 Å². The molecule has 0 aliphatic carbocycles. The molecular formula is C17H23ClN2O4. The minimum Gasteiger partial charge on any atom is -0.480 e. The Hall–Kier alpha value is -1.79. The minimum absolute atomic E-state index is 0.109. The Labute approximate surface area is 146 Å². The highest BCUT2D eigenvalue weighted by molar-refractivity contribution is 6.30. The standard InChI is InChI=1S/C17H23ClN2O4/c1-17(2,3)24-16(23)20-9-8-19(14(11-20)15(21)22)10-12-4-6-13(18)7-5-12/h4-7,14H,8-11H2,1-3H3,(H,21,22). The molecule has 0 bridgehead atoms. The van der Waals surface area contributed by atoms with Crippen LogP contribution in [0.5, 0.6) is 0 Å². The number of aliphatic carboxylic acids is 1. The van der Waals surface area contributed by atoms with Gasteiger partial charge in [-0.2, -0.15) is 0 Å². The van der Waals surface area contributed by atoms with Crippen LogP contribution in [0.25, 0.3) is 0 Å². The molecule has 1 fully saturated rings. The number of piperazine rings is 1. The molecule has 1 heterocycles. The minimum atomic E-state index is -0.947. The average Bonchev–Trinajstić information content (AvgIpc) is 2.48. The maximum Gasteiger partial charge on any atom is 0.410 e. The van der Waals surface area contributed by atoms with Crippen LogP contribution in [0.15, 0.2) is 24.3 Å². The van der Waals surface area contributed by atoms with Crippen LogP contribution in [0.4, 0.5) is 4.79 Å². The Kier molecular flexibility index (Phi) is 5.72. The van der Waals surface area contributed by atoms with Gasteiger partial charge in [0.25, 0.3) is 0 Å². The van der Waals surface area contributed by atoms with Crippen LogP contribution >= 0.6 is 11.6 Å². The number of rotatable bonds is 3. The summed E-state index contributed by atoms with van der Waals surface area (Å²) in [6, 6.07) is 6.55. The van der Waals surface area contributed by atoms with Crippen molar-refractivity contribution in [1.82, 2.24) is 9.80 Å². The second-order valence-electron chi connectivity index (χ2n) is 6.88. The lowest BCUT2D eigenvalue weighted by Gasteiger charge is -2.39. The van der Waals surface area contributed by atoms with E-state index in [2.05, 4.69) is 0 Å². The molecule has 1 amide bonds. The Morgan fingerprint density at radius 2 is 1.88 bits per heavy atom. The number of halogens is 1. The van der Waals surface area contributed by atoms with Crippen molar-refractivity contribution >= 4 is 23.7 Å². The summed E-state index contributed by atoms with van der Waals surface area (Å²) in [6.07, 6.45) is -0.472. The number of carboxylic acid groups (broad SMARTS) is 1. The Morgan fingerprint density at radius 1 is 1.25 bits per heavy atom.